The van der Waals surface area contributed by atoms with E-state index in [0.717, 1.165) is 25.0 Å². The monoisotopic (exact) mass is 300 g/mol. The minimum atomic E-state index is 0.174. The fourth-order valence-corrected chi connectivity index (χ4v) is 2.87. The van der Waals surface area contributed by atoms with E-state index in [1.807, 2.05) is 12.3 Å². The first-order valence-electron chi connectivity index (χ1n) is 8.08. The summed E-state index contributed by atoms with van der Waals surface area (Å²) in [5, 5.41) is 7.20. The largest absolute Gasteiger partial charge is 0.493 e. The van der Waals surface area contributed by atoms with E-state index in [1.165, 1.54) is 28.8 Å². The number of aromatic nitrogens is 2. The van der Waals surface area contributed by atoms with Crippen LogP contribution in [-0.2, 0) is 11.2 Å². The Morgan fingerprint density at radius 1 is 1.23 bits per heavy atom. The molecule has 0 saturated heterocycles. The molecule has 1 unspecified atom stereocenters. The fraction of sp³-hybridized carbons (Fsp3) is 0.500. The number of nitrogens with one attached hydrogen (secondary N) is 1. The molecule has 1 heterocycles. The number of hydrogen-bond donors (Lipinski definition) is 1. The first kappa shape index (κ1) is 15.1. The Labute approximate surface area is 131 Å². The summed E-state index contributed by atoms with van der Waals surface area (Å²) < 4.78 is 11.8. The van der Waals surface area contributed by atoms with Crippen molar-refractivity contribution in [1.29, 1.82) is 0 Å². The lowest BCUT2D eigenvalue weighted by Crippen LogP contribution is -2.14. The van der Waals surface area contributed by atoms with Gasteiger partial charge in [0.2, 0.25) is 0 Å². The summed E-state index contributed by atoms with van der Waals surface area (Å²) in [4.78, 5) is 0. The predicted octanol–water partition coefficient (Wildman–Crippen LogP) is 3.89. The summed E-state index contributed by atoms with van der Waals surface area (Å²) in [5.41, 5.74) is 5.04. The second kappa shape index (κ2) is 6.97. The lowest BCUT2D eigenvalue weighted by atomic mass is 9.96. The van der Waals surface area contributed by atoms with E-state index in [1.54, 1.807) is 0 Å². The maximum atomic E-state index is 6.00. The summed E-state index contributed by atoms with van der Waals surface area (Å²) in [5.74, 6) is 0.941. The van der Waals surface area contributed by atoms with Crippen molar-refractivity contribution in [3.05, 3.63) is 46.8 Å². The molecular formula is C18H24N2O2. The number of ether oxygens (including phenoxy) is 2. The third-order valence-electron chi connectivity index (χ3n) is 4.34. The van der Waals surface area contributed by atoms with Gasteiger partial charge in [0, 0.05) is 6.42 Å². The highest BCUT2D eigenvalue weighted by molar-refractivity contribution is 5.33. The van der Waals surface area contributed by atoms with Gasteiger partial charge in [-0.15, -0.1) is 0 Å². The topological polar surface area (TPSA) is 47.1 Å². The van der Waals surface area contributed by atoms with Crippen LogP contribution in [0.3, 0.4) is 0 Å². The van der Waals surface area contributed by atoms with Crippen molar-refractivity contribution in [3.63, 3.8) is 0 Å². The Bertz CT molecular complexity index is 621. The molecule has 1 atom stereocenters. The quantitative estimate of drug-likeness (QED) is 0.823. The third-order valence-corrected chi connectivity index (χ3v) is 4.34. The average Bonchev–Trinajstić information content (AvgIpc) is 3.00. The molecule has 1 aliphatic rings. The van der Waals surface area contributed by atoms with Gasteiger partial charge in [0.05, 0.1) is 31.2 Å². The van der Waals surface area contributed by atoms with E-state index in [2.05, 4.69) is 36.2 Å². The van der Waals surface area contributed by atoms with Crippen molar-refractivity contribution in [1.82, 2.24) is 10.2 Å². The second-order valence-electron chi connectivity index (χ2n) is 6.01. The zero-order chi connectivity index (χ0) is 15.4. The number of fused-ring (bicyclic) bond motifs is 1. The van der Waals surface area contributed by atoms with Gasteiger partial charge in [-0.05, 0) is 61.9 Å². The molecule has 3 rings (SSSR count). The fourth-order valence-electron chi connectivity index (χ4n) is 2.87. The number of rotatable bonds is 6. The summed E-state index contributed by atoms with van der Waals surface area (Å²) in [6.45, 7) is 5.62. The Hall–Kier alpha value is -1.81. The van der Waals surface area contributed by atoms with Crippen molar-refractivity contribution in [2.24, 2.45) is 0 Å². The lowest BCUT2D eigenvalue weighted by Gasteiger charge is -2.22. The van der Waals surface area contributed by atoms with Crippen molar-refractivity contribution in [2.45, 2.75) is 45.6 Å². The number of hydrogen-bond acceptors (Lipinski definition) is 3. The predicted molar refractivity (Wildman–Crippen MR) is 86.2 cm³/mol. The molecule has 0 bridgehead atoms. The summed E-state index contributed by atoms with van der Waals surface area (Å²) in [6.07, 6.45) is 6.36. The van der Waals surface area contributed by atoms with Crippen LogP contribution in [0.25, 0.3) is 0 Å². The van der Waals surface area contributed by atoms with Gasteiger partial charge in [-0.3, -0.25) is 5.10 Å². The van der Waals surface area contributed by atoms with Gasteiger partial charge in [0.15, 0.2) is 0 Å². The maximum Gasteiger partial charge on any atom is 0.119 e. The van der Waals surface area contributed by atoms with Crippen molar-refractivity contribution in [2.75, 3.05) is 13.2 Å². The van der Waals surface area contributed by atoms with E-state index in [-0.39, 0.29) is 6.10 Å². The number of aryl methyl sites for hydroxylation is 3. The molecule has 22 heavy (non-hydrogen) atoms. The molecular weight excluding hydrogens is 276 g/mol. The van der Waals surface area contributed by atoms with Crippen LogP contribution in [0.1, 0.15) is 47.8 Å². The van der Waals surface area contributed by atoms with E-state index < -0.39 is 0 Å². The second-order valence-corrected chi connectivity index (χ2v) is 6.01. The molecule has 0 aliphatic heterocycles. The van der Waals surface area contributed by atoms with Crippen LogP contribution in [0.15, 0.2) is 24.4 Å². The van der Waals surface area contributed by atoms with Crippen LogP contribution < -0.4 is 4.74 Å². The summed E-state index contributed by atoms with van der Waals surface area (Å²) >= 11 is 0. The molecule has 1 aromatic carbocycles. The molecule has 0 amide bonds. The first-order chi connectivity index (χ1) is 10.7. The lowest BCUT2D eigenvalue weighted by molar-refractivity contribution is 0.0312. The van der Waals surface area contributed by atoms with Crippen molar-refractivity contribution >= 4 is 0 Å². The average molecular weight is 300 g/mol. The van der Waals surface area contributed by atoms with Gasteiger partial charge in [-0.1, -0.05) is 6.07 Å². The molecule has 118 valence electrons. The van der Waals surface area contributed by atoms with Crippen LogP contribution in [0.5, 0.6) is 5.75 Å². The Morgan fingerprint density at radius 2 is 2.14 bits per heavy atom. The molecule has 1 aromatic heterocycles. The van der Waals surface area contributed by atoms with E-state index >= 15 is 0 Å². The number of nitrogens with zero attached hydrogens (tertiary/aromatic N) is 1. The smallest absolute Gasteiger partial charge is 0.119 e. The van der Waals surface area contributed by atoms with Gasteiger partial charge in [-0.25, -0.2) is 0 Å². The van der Waals surface area contributed by atoms with Crippen molar-refractivity contribution < 1.29 is 9.47 Å². The van der Waals surface area contributed by atoms with Gasteiger partial charge >= 0.3 is 0 Å². The van der Waals surface area contributed by atoms with Crippen LogP contribution in [0.2, 0.25) is 0 Å². The van der Waals surface area contributed by atoms with E-state index in [0.29, 0.717) is 13.2 Å². The molecule has 4 nitrogen and oxygen atoms in total. The van der Waals surface area contributed by atoms with Crippen LogP contribution in [0, 0.1) is 13.8 Å². The zero-order valence-corrected chi connectivity index (χ0v) is 13.4. The molecule has 1 aliphatic carbocycles. The van der Waals surface area contributed by atoms with Gasteiger partial charge in [-0.2, -0.15) is 5.10 Å². The highest BCUT2D eigenvalue weighted by atomic mass is 16.5. The molecule has 0 fully saturated rings. The Balaban J connectivity index is 1.40. The molecule has 4 heteroatoms. The summed E-state index contributed by atoms with van der Waals surface area (Å²) in [6, 6.07) is 6.22. The minimum Gasteiger partial charge on any atom is -0.493 e. The van der Waals surface area contributed by atoms with E-state index in [9.17, 15) is 0 Å². The maximum absolute atomic E-state index is 6.00. The van der Waals surface area contributed by atoms with Crippen LogP contribution >= 0.6 is 0 Å². The highest BCUT2D eigenvalue weighted by Crippen LogP contribution is 2.30. The SMILES string of the molecule is Cc1ccc(OCCCOC2CCCc3cn[nH]c32)cc1C. The summed E-state index contributed by atoms with van der Waals surface area (Å²) in [7, 11) is 0. The van der Waals surface area contributed by atoms with Crippen LogP contribution in [0.4, 0.5) is 0 Å². The van der Waals surface area contributed by atoms with Gasteiger partial charge in [0.25, 0.3) is 0 Å². The number of aromatic amines is 1. The Kier molecular flexibility index (Phi) is 4.78. The third kappa shape index (κ3) is 3.50. The normalized spacial score (nSPS) is 17.3. The molecule has 2 aromatic rings. The Morgan fingerprint density at radius 3 is 3.00 bits per heavy atom. The van der Waals surface area contributed by atoms with Gasteiger partial charge in [0.1, 0.15) is 5.75 Å². The van der Waals surface area contributed by atoms with E-state index in [4.69, 9.17) is 9.47 Å². The zero-order valence-electron chi connectivity index (χ0n) is 13.4. The number of H-pyrrole nitrogens is 1. The van der Waals surface area contributed by atoms with Crippen molar-refractivity contribution in [3.8, 4) is 5.75 Å². The first-order valence-corrected chi connectivity index (χ1v) is 8.08. The molecule has 0 spiro atoms. The molecule has 0 saturated carbocycles. The minimum absolute atomic E-state index is 0.174. The van der Waals surface area contributed by atoms with Gasteiger partial charge < -0.3 is 9.47 Å². The molecule has 0 radical (unpaired) electrons. The highest BCUT2D eigenvalue weighted by Gasteiger charge is 2.22. The molecule has 1 N–H and O–H groups in total. The standard InChI is InChI=1S/C18H24N2O2/c1-13-7-8-16(11-14(13)2)21-9-4-10-22-17-6-3-5-15-12-19-20-18(15)17/h7-8,11-12,17H,3-6,9-10H2,1-2H3,(H,19,20). The number of benzene rings is 1. The van der Waals surface area contributed by atoms with Crippen LogP contribution in [-0.4, -0.2) is 23.4 Å².